The minimum atomic E-state index is -3.78. The highest BCUT2D eigenvalue weighted by molar-refractivity contribution is 7.89. The highest BCUT2D eigenvalue weighted by Crippen LogP contribution is 2.17. The van der Waals surface area contributed by atoms with Gasteiger partial charge in [-0.1, -0.05) is 12.1 Å². The summed E-state index contributed by atoms with van der Waals surface area (Å²) < 4.78 is 49.3. The van der Waals surface area contributed by atoms with E-state index < -0.39 is 26.1 Å². The molecule has 0 bridgehead atoms. The average Bonchev–Trinajstić information content (AvgIpc) is 2.60. The molecule has 2 rings (SSSR count). The minimum Gasteiger partial charge on any atom is -0.346 e. The summed E-state index contributed by atoms with van der Waals surface area (Å²) in [6.07, 6.45) is 0. The molecular formula is C18H23N3O5S2. The van der Waals surface area contributed by atoms with Gasteiger partial charge in [0.1, 0.15) is 0 Å². The van der Waals surface area contributed by atoms with Crippen LogP contribution in [-0.2, 0) is 20.0 Å². The van der Waals surface area contributed by atoms with Crippen molar-refractivity contribution in [1.82, 2.24) is 10.0 Å². The van der Waals surface area contributed by atoms with Crippen LogP contribution in [0.1, 0.15) is 42.7 Å². The van der Waals surface area contributed by atoms with E-state index in [1.165, 1.54) is 36.4 Å². The van der Waals surface area contributed by atoms with E-state index >= 15 is 0 Å². The van der Waals surface area contributed by atoms with Gasteiger partial charge in [-0.15, -0.1) is 0 Å². The molecule has 0 aromatic heterocycles. The molecule has 0 aliphatic carbocycles. The first kappa shape index (κ1) is 22.0. The predicted octanol–water partition coefficient (Wildman–Crippen LogP) is 1.51. The van der Waals surface area contributed by atoms with Gasteiger partial charge in [-0.2, -0.15) is 0 Å². The second kappa shape index (κ2) is 8.39. The number of carbonyl (C=O) groups excluding carboxylic acids is 1. The zero-order valence-corrected chi connectivity index (χ0v) is 17.3. The molecule has 1 amide bonds. The number of hydrogen-bond donors (Lipinski definition) is 3. The van der Waals surface area contributed by atoms with E-state index in [1.54, 1.807) is 32.9 Å². The largest absolute Gasteiger partial charge is 0.346 e. The molecule has 8 nitrogen and oxygen atoms in total. The Morgan fingerprint density at radius 1 is 0.857 bits per heavy atom. The molecule has 0 aliphatic rings. The van der Waals surface area contributed by atoms with Crippen molar-refractivity contribution in [3.8, 4) is 0 Å². The molecule has 1 atom stereocenters. The second-order valence-electron chi connectivity index (χ2n) is 6.61. The first-order valence-corrected chi connectivity index (χ1v) is 11.5. The Kier molecular flexibility index (Phi) is 6.60. The fourth-order valence-corrected chi connectivity index (χ4v) is 4.24. The van der Waals surface area contributed by atoms with Gasteiger partial charge in [-0.25, -0.2) is 26.7 Å². The van der Waals surface area contributed by atoms with Crippen LogP contribution in [0.2, 0.25) is 0 Å². The Morgan fingerprint density at radius 2 is 1.36 bits per heavy atom. The maximum Gasteiger partial charge on any atom is 0.251 e. The fraction of sp³-hybridized carbons (Fsp3) is 0.278. The van der Waals surface area contributed by atoms with E-state index in [1.807, 2.05) is 0 Å². The van der Waals surface area contributed by atoms with Gasteiger partial charge >= 0.3 is 0 Å². The van der Waals surface area contributed by atoms with E-state index in [2.05, 4.69) is 10.0 Å². The Bertz CT molecular complexity index is 1050. The predicted molar refractivity (Wildman–Crippen MR) is 106 cm³/mol. The molecule has 0 aliphatic heterocycles. The summed E-state index contributed by atoms with van der Waals surface area (Å²) in [5.74, 6) is -0.385. The topological polar surface area (TPSA) is 135 Å². The van der Waals surface area contributed by atoms with Crippen LogP contribution in [-0.4, -0.2) is 28.8 Å². The standard InChI is InChI=1S/C18H23N3O5S2/c1-12(2)21-28(25,26)17-10-6-15(7-11-17)18(22)20-13(3)14-4-8-16(9-5-14)27(19,23)24/h4-13,21H,1-3H3,(H,20,22)(H2,19,23,24)/t13-/m1/s1. The fourth-order valence-electron chi connectivity index (χ4n) is 2.47. The molecule has 0 fully saturated rings. The molecule has 0 radical (unpaired) electrons. The molecule has 2 aromatic carbocycles. The third-order valence-electron chi connectivity index (χ3n) is 3.87. The lowest BCUT2D eigenvalue weighted by Gasteiger charge is -2.15. The van der Waals surface area contributed by atoms with Gasteiger partial charge < -0.3 is 5.32 Å². The first-order chi connectivity index (χ1) is 12.9. The minimum absolute atomic E-state index is 0.0124. The summed E-state index contributed by atoms with van der Waals surface area (Å²) in [4.78, 5) is 12.5. The summed E-state index contributed by atoms with van der Waals surface area (Å²) in [5.41, 5.74) is 0.998. The number of sulfonamides is 2. The summed E-state index contributed by atoms with van der Waals surface area (Å²) >= 11 is 0. The van der Waals surface area contributed by atoms with Gasteiger partial charge in [0.2, 0.25) is 20.0 Å². The number of rotatable bonds is 7. The molecular weight excluding hydrogens is 402 g/mol. The number of nitrogens with one attached hydrogen (secondary N) is 2. The lowest BCUT2D eigenvalue weighted by atomic mass is 10.1. The molecule has 2 aromatic rings. The van der Waals surface area contributed by atoms with Crippen molar-refractivity contribution >= 4 is 26.0 Å². The maximum absolute atomic E-state index is 12.4. The Morgan fingerprint density at radius 3 is 1.82 bits per heavy atom. The highest BCUT2D eigenvalue weighted by Gasteiger charge is 2.17. The van der Waals surface area contributed by atoms with Crippen LogP contribution in [0.15, 0.2) is 58.3 Å². The number of hydrogen-bond acceptors (Lipinski definition) is 5. The quantitative estimate of drug-likeness (QED) is 0.618. The van der Waals surface area contributed by atoms with Gasteiger partial charge in [-0.3, -0.25) is 4.79 Å². The first-order valence-electron chi connectivity index (χ1n) is 8.46. The molecule has 10 heteroatoms. The van der Waals surface area contributed by atoms with Crippen molar-refractivity contribution in [2.75, 3.05) is 0 Å². The Labute approximate surface area is 165 Å². The molecule has 0 unspecified atom stereocenters. The van der Waals surface area contributed by atoms with Gasteiger partial charge in [0, 0.05) is 11.6 Å². The lowest BCUT2D eigenvalue weighted by molar-refractivity contribution is 0.0939. The van der Waals surface area contributed by atoms with Crippen LogP contribution in [0.5, 0.6) is 0 Å². The van der Waals surface area contributed by atoms with Crippen molar-refractivity contribution in [3.63, 3.8) is 0 Å². The maximum atomic E-state index is 12.4. The summed E-state index contributed by atoms with van der Waals surface area (Å²) in [7, 11) is -7.40. The summed E-state index contributed by atoms with van der Waals surface area (Å²) in [6.45, 7) is 5.18. The number of carbonyl (C=O) groups is 1. The number of benzene rings is 2. The summed E-state index contributed by atoms with van der Waals surface area (Å²) in [5, 5.41) is 7.84. The highest BCUT2D eigenvalue weighted by atomic mass is 32.2. The monoisotopic (exact) mass is 425 g/mol. The normalized spacial score (nSPS) is 13.3. The van der Waals surface area contributed by atoms with E-state index in [4.69, 9.17) is 5.14 Å². The second-order valence-corrected chi connectivity index (χ2v) is 9.88. The molecule has 28 heavy (non-hydrogen) atoms. The van der Waals surface area contributed by atoms with E-state index in [9.17, 15) is 21.6 Å². The van der Waals surface area contributed by atoms with Gasteiger partial charge in [0.05, 0.1) is 15.8 Å². The molecule has 4 N–H and O–H groups in total. The van der Waals surface area contributed by atoms with Gasteiger partial charge in [0.15, 0.2) is 0 Å². The molecule has 0 heterocycles. The average molecular weight is 426 g/mol. The smallest absolute Gasteiger partial charge is 0.251 e. The van der Waals surface area contributed by atoms with Crippen molar-refractivity contribution in [2.24, 2.45) is 5.14 Å². The number of primary sulfonamides is 1. The number of nitrogens with two attached hydrogens (primary N) is 1. The van der Waals surface area contributed by atoms with Crippen LogP contribution in [0.4, 0.5) is 0 Å². The van der Waals surface area contributed by atoms with Crippen LogP contribution >= 0.6 is 0 Å². The van der Waals surface area contributed by atoms with E-state index in [0.717, 1.165) is 0 Å². The van der Waals surface area contributed by atoms with E-state index in [0.29, 0.717) is 11.1 Å². The Balaban J connectivity index is 2.10. The Hall–Kier alpha value is -2.27. The van der Waals surface area contributed by atoms with Crippen molar-refractivity contribution < 1.29 is 21.6 Å². The molecule has 152 valence electrons. The van der Waals surface area contributed by atoms with Crippen molar-refractivity contribution in [1.29, 1.82) is 0 Å². The van der Waals surface area contributed by atoms with Crippen LogP contribution in [0, 0.1) is 0 Å². The summed E-state index contributed by atoms with van der Waals surface area (Å²) in [6, 6.07) is 10.8. The van der Waals surface area contributed by atoms with Gasteiger partial charge in [-0.05, 0) is 62.7 Å². The number of amides is 1. The third-order valence-corrected chi connectivity index (χ3v) is 6.48. The zero-order chi connectivity index (χ0) is 21.1. The third kappa shape index (κ3) is 5.61. The molecule has 0 spiro atoms. The van der Waals surface area contributed by atoms with Crippen LogP contribution in [0.25, 0.3) is 0 Å². The van der Waals surface area contributed by atoms with Crippen LogP contribution in [0.3, 0.4) is 0 Å². The van der Waals surface area contributed by atoms with Crippen molar-refractivity contribution in [3.05, 3.63) is 59.7 Å². The van der Waals surface area contributed by atoms with Crippen LogP contribution < -0.4 is 15.2 Å². The zero-order valence-electron chi connectivity index (χ0n) is 15.7. The molecule has 0 saturated carbocycles. The van der Waals surface area contributed by atoms with E-state index in [-0.39, 0.29) is 21.7 Å². The van der Waals surface area contributed by atoms with Crippen molar-refractivity contribution in [2.45, 2.75) is 42.6 Å². The lowest BCUT2D eigenvalue weighted by Crippen LogP contribution is -2.30. The molecule has 0 saturated heterocycles. The SMILES string of the molecule is CC(C)NS(=O)(=O)c1ccc(C(=O)N[C@H](C)c2ccc(S(N)(=O)=O)cc2)cc1. The van der Waals surface area contributed by atoms with Gasteiger partial charge in [0.25, 0.3) is 5.91 Å².